The lowest BCUT2D eigenvalue weighted by atomic mass is 9.83. The van der Waals surface area contributed by atoms with Crippen LogP contribution in [0, 0.1) is 0 Å². The van der Waals surface area contributed by atoms with E-state index < -0.39 is 17.4 Å². The lowest BCUT2D eigenvalue weighted by Gasteiger charge is -2.22. The smallest absolute Gasteiger partial charge is 0.354 e. The Morgan fingerprint density at radius 2 is 1.67 bits per heavy atom. The predicted octanol–water partition coefficient (Wildman–Crippen LogP) is 2.24. The van der Waals surface area contributed by atoms with Crippen molar-refractivity contribution >= 4 is 11.9 Å². The number of carbonyl (C=O) groups is 2. The van der Waals surface area contributed by atoms with Gasteiger partial charge in [0.1, 0.15) is 11.4 Å². The Labute approximate surface area is 122 Å². The van der Waals surface area contributed by atoms with E-state index >= 15 is 0 Å². The SMILES string of the molecule is COC(=O)c1cc(C(C)(C)c2ccc(C(=O)OC)[nH]2)c[nH]1. The van der Waals surface area contributed by atoms with E-state index in [2.05, 4.69) is 19.4 Å². The molecule has 0 aliphatic heterocycles. The van der Waals surface area contributed by atoms with E-state index in [1.54, 1.807) is 18.3 Å². The highest BCUT2D eigenvalue weighted by atomic mass is 16.5. The molecule has 0 bridgehead atoms. The number of carbonyl (C=O) groups excluding carboxylic acids is 2. The van der Waals surface area contributed by atoms with Crippen molar-refractivity contribution in [2.75, 3.05) is 14.2 Å². The highest BCUT2D eigenvalue weighted by Gasteiger charge is 2.27. The second-order valence-corrected chi connectivity index (χ2v) is 5.20. The fourth-order valence-corrected chi connectivity index (χ4v) is 2.13. The third kappa shape index (κ3) is 2.69. The van der Waals surface area contributed by atoms with Crippen molar-refractivity contribution in [2.24, 2.45) is 0 Å². The summed E-state index contributed by atoms with van der Waals surface area (Å²) in [5.74, 6) is -0.833. The maximum Gasteiger partial charge on any atom is 0.354 e. The third-order valence-electron chi connectivity index (χ3n) is 3.57. The van der Waals surface area contributed by atoms with Gasteiger partial charge in [-0.25, -0.2) is 9.59 Å². The second-order valence-electron chi connectivity index (χ2n) is 5.20. The highest BCUT2D eigenvalue weighted by Crippen LogP contribution is 2.31. The molecule has 112 valence electrons. The summed E-state index contributed by atoms with van der Waals surface area (Å²) in [5, 5.41) is 0. The molecule has 2 aromatic heterocycles. The fraction of sp³-hybridized carbons (Fsp3) is 0.333. The number of rotatable bonds is 4. The molecule has 6 heteroatoms. The van der Waals surface area contributed by atoms with Crippen LogP contribution in [-0.2, 0) is 14.9 Å². The summed E-state index contributed by atoms with van der Waals surface area (Å²) in [6.45, 7) is 3.98. The van der Waals surface area contributed by atoms with E-state index in [0.29, 0.717) is 11.4 Å². The zero-order valence-corrected chi connectivity index (χ0v) is 12.4. The zero-order valence-electron chi connectivity index (χ0n) is 12.4. The van der Waals surface area contributed by atoms with Gasteiger partial charge in [0.15, 0.2) is 0 Å². The van der Waals surface area contributed by atoms with Crippen molar-refractivity contribution in [3.63, 3.8) is 0 Å². The van der Waals surface area contributed by atoms with Crippen molar-refractivity contribution in [2.45, 2.75) is 19.3 Å². The molecule has 0 aliphatic carbocycles. The van der Waals surface area contributed by atoms with E-state index in [1.165, 1.54) is 14.2 Å². The Morgan fingerprint density at radius 1 is 1.05 bits per heavy atom. The molecule has 0 atom stereocenters. The first kappa shape index (κ1) is 14.9. The van der Waals surface area contributed by atoms with Crippen LogP contribution in [0.5, 0.6) is 0 Å². The molecule has 0 unspecified atom stereocenters. The van der Waals surface area contributed by atoms with E-state index in [4.69, 9.17) is 0 Å². The molecule has 6 nitrogen and oxygen atoms in total. The number of aromatic nitrogens is 2. The summed E-state index contributed by atoms with van der Waals surface area (Å²) >= 11 is 0. The maximum absolute atomic E-state index is 11.5. The number of esters is 2. The third-order valence-corrected chi connectivity index (χ3v) is 3.57. The number of hydrogen-bond acceptors (Lipinski definition) is 4. The van der Waals surface area contributed by atoms with Crippen LogP contribution >= 0.6 is 0 Å². The van der Waals surface area contributed by atoms with Gasteiger partial charge in [0.2, 0.25) is 0 Å². The molecule has 0 aromatic carbocycles. The van der Waals surface area contributed by atoms with Gasteiger partial charge in [-0.2, -0.15) is 0 Å². The molecule has 0 amide bonds. The Hall–Kier alpha value is -2.50. The predicted molar refractivity (Wildman–Crippen MR) is 76.4 cm³/mol. The summed E-state index contributed by atoms with van der Waals surface area (Å²) in [5.41, 5.74) is 2.12. The molecule has 0 saturated carbocycles. The Bertz CT molecular complexity index is 611. The number of hydrogen-bond donors (Lipinski definition) is 2. The van der Waals surface area contributed by atoms with Gasteiger partial charge in [-0.1, -0.05) is 13.8 Å². The van der Waals surface area contributed by atoms with E-state index in [-0.39, 0.29) is 0 Å². The van der Waals surface area contributed by atoms with Gasteiger partial charge in [0.05, 0.1) is 14.2 Å². The molecule has 0 saturated heterocycles. The van der Waals surface area contributed by atoms with Gasteiger partial charge in [0, 0.05) is 17.3 Å². The Balaban J connectivity index is 2.32. The first-order valence-electron chi connectivity index (χ1n) is 6.45. The molecular formula is C15H18N2O4. The molecular weight excluding hydrogens is 272 g/mol. The van der Waals surface area contributed by atoms with Crippen LogP contribution in [0.3, 0.4) is 0 Å². The van der Waals surface area contributed by atoms with Crippen LogP contribution in [0.25, 0.3) is 0 Å². The molecule has 2 rings (SSSR count). The minimum Gasteiger partial charge on any atom is -0.464 e. The summed E-state index contributed by atoms with van der Waals surface area (Å²) in [6, 6.07) is 5.25. The van der Waals surface area contributed by atoms with Crippen molar-refractivity contribution in [3.05, 3.63) is 47.0 Å². The van der Waals surface area contributed by atoms with Crippen LogP contribution in [0.4, 0.5) is 0 Å². The van der Waals surface area contributed by atoms with Gasteiger partial charge in [-0.15, -0.1) is 0 Å². The lowest BCUT2D eigenvalue weighted by Crippen LogP contribution is -2.19. The van der Waals surface area contributed by atoms with Crippen molar-refractivity contribution in [3.8, 4) is 0 Å². The van der Waals surface area contributed by atoms with E-state index in [9.17, 15) is 9.59 Å². The fourth-order valence-electron chi connectivity index (χ4n) is 2.13. The Morgan fingerprint density at radius 3 is 2.29 bits per heavy atom. The average molecular weight is 290 g/mol. The second kappa shape index (κ2) is 5.47. The summed E-state index contributed by atoms with van der Waals surface area (Å²) in [7, 11) is 2.67. The maximum atomic E-state index is 11.5. The first-order chi connectivity index (χ1) is 9.90. The van der Waals surface area contributed by atoms with Crippen LogP contribution in [0.2, 0.25) is 0 Å². The summed E-state index contributed by atoms with van der Waals surface area (Å²) < 4.78 is 9.36. The molecule has 21 heavy (non-hydrogen) atoms. The van der Waals surface area contributed by atoms with E-state index in [0.717, 1.165) is 11.3 Å². The largest absolute Gasteiger partial charge is 0.464 e. The van der Waals surface area contributed by atoms with Crippen molar-refractivity contribution in [1.29, 1.82) is 0 Å². The molecule has 0 fully saturated rings. The lowest BCUT2D eigenvalue weighted by molar-refractivity contribution is 0.0586. The number of ether oxygens (including phenoxy) is 2. The quantitative estimate of drug-likeness (QED) is 0.846. The molecule has 0 aliphatic rings. The van der Waals surface area contributed by atoms with Crippen molar-refractivity contribution < 1.29 is 19.1 Å². The van der Waals surface area contributed by atoms with E-state index in [1.807, 2.05) is 19.9 Å². The molecule has 0 spiro atoms. The van der Waals surface area contributed by atoms with Crippen LogP contribution in [0.15, 0.2) is 24.4 Å². The summed E-state index contributed by atoms with van der Waals surface area (Å²) in [4.78, 5) is 28.9. The van der Waals surface area contributed by atoms with Crippen LogP contribution in [-0.4, -0.2) is 36.1 Å². The monoisotopic (exact) mass is 290 g/mol. The van der Waals surface area contributed by atoms with Crippen molar-refractivity contribution in [1.82, 2.24) is 9.97 Å². The molecule has 2 N–H and O–H groups in total. The number of aromatic amines is 2. The van der Waals surface area contributed by atoms with Gasteiger partial charge in [-0.3, -0.25) is 0 Å². The Kier molecular flexibility index (Phi) is 3.88. The van der Waals surface area contributed by atoms with Gasteiger partial charge in [0.25, 0.3) is 0 Å². The zero-order chi connectivity index (χ0) is 15.6. The number of methoxy groups -OCH3 is 2. The molecule has 2 aromatic rings. The minimum atomic E-state index is -0.418. The topological polar surface area (TPSA) is 84.2 Å². The highest BCUT2D eigenvalue weighted by molar-refractivity contribution is 5.88. The molecule has 0 radical (unpaired) electrons. The van der Waals surface area contributed by atoms with Gasteiger partial charge >= 0.3 is 11.9 Å². The molecule has 2 heterocycles. The minimum absolute atomic E-state index is 0.389. The van der Waals surface area contributed by atoms with Gasteiger partial charge < -0.3 is 19.4 Å². The average Bonchev–Trinajstić information content (AvgIpc) is 3.14. The van der Waals surface area contributed by atoms with Crippen LogP contribution < -0.4 is 0 Å². The number of nitrogens with one attached hydrogen (secondary N) is 2. The number of H-pyrrole nitrogens is 2. The van der Waals surface area contributed by atoms with Gasteiger partial charge in [-0.05, 0) is 23.8 Å². The summed E-state index contributed by atoms with van der Waals surface area (Å²) in [6.07, 6.45) is 1.75. The standard InChI is InChI=1S/C15H18N2O4/c1-15(2,9-7-11(16-8-9)14(19)21-4)12-6-5-10(17-12)13(18)20-3/h5-8,16-17H,1-4H3. The van der Waals surface area contributed by atoms with Crippen LogP contribution in [0.1, 0.15) is 46.1 Å². The normalized spacial score (nSPS) is 11.2. The first-order valence-corrected chi connectivity index (χ1v) is 6.45.